The zero-order valence-electron chi connectivity index (χ0n) is 11.8. The Kier molecular flexibility index (Phi) is 5.18. The van der Waals surface area contributed by atoms with Crippen molar-refractivity contribution in [1.82, 2.24) is 10.7 Å². The first kappa shape index (κ1) is 15.9. The molecule has 9 nitrogen and oxygen atoms in total. The van der Waals surface area contributed by atoms with Gasteiger partial charge in [-0.1, -0.05) is 12.1 Å². The number of benzene rings is 1. The monoisotopic (exact) mass is 316 g/mol. The molecule has 1 heterocycles. The molecule has 0 aliphatic rings. The lowest BCUT2D eigenvalue weighted by Crippen LogP contribution is -2.37. The third-order valence-electron chi connectivity index (χ3n) is 2.67. The van der Waals surface area contributed by atoms with Gasteiger partial charge in [0.15, 0.2) is 0 Å². The van der Waals surface area contributed by atoms with E-state index in [1.165, 1.54) is 30.7 Å². The van der Waals surface area contributed by atoms with E-state index in [0.29, 0.717) is 11.3 Å². The number of non-ortho nitro benzene ring substituents is 1. The number of amides is 2. The van der Waals surface area contributed by atoms with Gasteiger partial charge in [0.05, 0.1) is 23.9 Å². The summed E-state index contributed by atoms with van der Waals surface area (Å²) in [6.07, 6.45) is 2.65. The second kappa shape index (κ2) is 7.50. The van der Waals surface area contributed by atoms with Crippen molar-refractivity contribution >= 4 is 23.7 Å². The summed E-state index contributed by atoms with van der Waals surface area (Å²) >= 11 is 0. The van der Waals surface area contributed by atoms with Gasteiger partial charge in [-0.2, -0.15) is 5.10 Å². The standard InChI is InChI=1S/C14H12N4O5/c19-13(15-9-12-5-2-6-23-12)14(20)17-16-8-10-3-1-4-11(7-10)18(21)22/h1-8H,9H2,(H,15,19)(H,17,20)/b16-8+. The molecule has 0 atom stereocenters. The van der Waals surface area contributed by atoms with Crippen molar-refractivity contribution in [1.29, 1.82) is 0 Å². The number of hydrazone groups is 1. The normalized spacial score (nSPS) is 10.4. The molecule has 0 aliphatic carbocycles. The minimum atomic E-state index is -0.960. The van der Waals surface area contributed by atoms with Crippen LogP contribution in [0.15, 0.2) is 52.2 Å². The van der Waals surface area contributed by atoms with Gasteiger partial charge in [0.25, 0.3) is 5.69 Å². The highest BCUT2D eigenvalue weighted by atomic mass is 16.6. The van der Waals surface area contributed by atoms with Crippen LogP contribution in [0.4, 0.5) is 5.69 Å². The van der Waals surface area contributed by atoms with E-state index in [1.54, 1.807) is 18.2 Å². The summed E-state index contributed by atoms with van der Waals surface area (Å²) in [4.78, 5) is 33.1. The van der Waals surface area contributed by atoms with Crippen LogP contribution in [-0.2, 0) is 16.1 Å². The average molecular weight is 316 g/mol. The van der Waals surface area contributed by atoms with Crippen LogP contribution in [0, 0.1) is 10.1 Å². The number of furan rings is 1. The maximum atomic E-state index is 11.5. The minimum Gasteiger partial charge on any atom is -0.467 e. The maximum absolute atomic E-state index is 11.5. The van der Waals surface area contributed by atoms with Gasteiger partial charge < -0.3 is 9.73 Å². The molecule has 0 unspecified atom stereocenters. The summed E-state index contributed by atoms with van der Waals surface area (Å²) in [5, 5.41) is 16.6. The molecule has 0 aliphatic heterocycles. The van der Waals surface area contributed by atoms with Crippen LogP contribution in [0.1, 0.15) is 11.3 Å². The quantitative estimate of drug-likeness (QED) is 0.367. The molecule has 2 rings (SSSR count). The largest absolute Gasteiger partial charge is 0.467 e. The number of carbonyl (C=O) groups excluding carboxylic acids is 2. The van der Waals surface area contributed by atoms with Crippen LogP contribution in [0.25, 0.3) is 0 Å². The highest BCUT2D eigenvalue weighted by Gasteiger charge is 2.12. The molecule has 0 fully saturated rings. The minimum absolute atomic E-state index is 0.0772. The summed E-state index contributed by atoms with van der Waals surface area (Å²) < 4.78 is 5.00. The fourth-order valence-corrected chi connectivity index (χ4v) is 1.60. The van der Waals surface area contributed by atoms with E-state index < -0.39 is 16.7 Å². The number of rotatable bonds is 5. The van der Waals surface area contributed by atoms with Gasteiger partial charge in [-0.05, 0) is 12.1 Å². The molecule has 2 amide bonds. The first-order valence-electron chi connectivity index (χ1n) is 6.44. The topological polar surface area (TPSA) is 127 Å². The number of hydrogen-bond donors (Lipinski definition) is 2. The zero-order valence-corrected chi connectivity index (χ0v) is 11.8. The number of nitro groups is 1. The first-order valence-corrected chi connectivity index (χ1v) is 6.44. The van der Waals surface area contributed by atoms with Gasteiger partial charge in [-0.25, -0.2) is 5.43 Å². The van der Waals surface area contributed by atoms with Gasteiger partial charge >= 0.3 is 11.8 Å². The molecule has 0 radical (unpaired) electrons. The molecule has 1 aromatic carbocycles. The van der Waals surface area contributed by atoms with Gasteiger partial charge in [0.1, 0.15) is 5.76 Å². The van der Waals surface area contributed by atoms with Crippen LogP contribution in [0.5, 0.6) is 0 Å². The van der Waals surface area contributed by atoms with Crippen molar-refractivity contribution < 1.29 is 18.9 Å². The number of nitro benzene ring substituents is 1. The lowest BCUT2D eigenvalue weighted by atomic mass is 10.2. The van der Waals surface area contributed by atoms with E-state index in [-0.39, 0.29) is 12.2 Å². The molecular formula is C14H12N4O5. The van der Waals surface area contributed by atoms with E-state index in [4.69, 9.17) is 4.42 Å². The van der Waals surface area contributed by atoms with Crippen LogP contribution in [0.2, 0.25) is 0 Å². The Hall–Kier alpha value is -3.49. The molecule has 118 valence electrons. The second-order valence-electron chi connectivity index (χ2n) is 4.31. The van der Waals surface area contributed by atoms with Crippen LogP contribution in [0.3, 0.4) is 0 Å². The zero-order chi connectivity index (χ0) is 16.7. The molecule has 1 aromatic heterocycles. The van der Waals surface area contributed by atoms with Crippen molar-refractivity contribution in [2.75, 3.05) is 0 Å². The summed E-state index contributed by atoms with van der Waals surface area (Å²) in [6, 6.07) is 8.98. The molecule has 23 heavy (non-hydrogen) atoms. The van der Waals surface area contributed by atoms with Crippen molar-refractivity contribution in [3.63, 3.8) is 0 Å². The Morgan fingerprint density at radius 2 is 2.09 bits per heavy atom. The van der Waals surface area contributed by atoms with E-state index in [0.717, 1.165) is 0 Å². The predicted octanol–water partition coefficient (Wildman–Crippen LogP) is 0.954. The predicted molar refractivity (Wildman–Crippen MR) is 79.4 cm³/mol. The van der Waals surface area contributed by atoms with Crippen LogP contribution in [-0.4, -0.2) is 23.0 Å². The Balaban J connectivity index is 1.84. The Labute approximate surface area is 130 Å². The molecule has 9 heteroatoms. The van der Waals surface area contributed by atoms with Crippen LogP contribution >= 0.6 is 0 Å². The molecular weight excluding hydrogens is 304 g/mol. The third kappa shape index (κ3) is 4.77. The number of nitrogens with one attached hydrogen (secondary N) is 2. The van der Waals surface area contributed by atoms with Crippen molar-refractivity contribution in [2.45, 2.75) is 6.54 Å². The third-order valence-corrected chi connectivity index (χ3v) is 2.67. The fourth-order valence-electron chi connectivity index (χ4n) is 1.60. The second-order valence-corrected chi connectivity index (χ2v) is 4.31. The Bertz CT molecular complexity index is 739. The first-order chi connectivity index (χ1) is 11.1. The van der Waals surface area contributed by atoms with E-state index in [2.05, 4.69) is 10.4 Å². The van der Waals surface area contributed by atoms with E-state index >= 15 is 0 Å². The number of nitrogens with zero attached hydrogens (tertiary/aromatic N) is 2. The van der Waals surface area contributed by atoms with E-state index in [9.17, 15) is 19.7 Å². The van der Waals surface area contributed by atoms with E-state index in [1.807, 2.05) is 5.43 Å². The summed E-state index contributed by atoms with van der Waals surface area (Å²) in [6.45, 7) is 0.0772. The average Bonchev–Trinajstić information content (AvgIpc) is 3.06. The Morgan fingerprint density at radius 1 is 1.26 bits per heavy atom. The summed E-state index contributed by atoms with van der Waals surface area (Å²) in [7, 11) is 0. The van der Waals surface area contributed by atoms with Gasteiger partial charge in [-0.15, -0.1) is 0 Å². The number of hydrogen-bond acceptors (Lipinski definition) is 6. The smallest absolute Gasteiger partial charge is 0.329 e. The SMILES string of the molecule is O=C(NCc1ccco1)C(=O)N/N=C/c1cccc([N+](=O)[O-])c1. The fraction of sp³-hybridized carbons (Fsp3) is 0.0714. The molecule has 2 aromatic rings. The van der Waals surface area contributed by atoms with Crippen molar-refractivity contribution in [2.24, 2.45) is 5.10 Å². The Morgan fingerprint density at radius 3 is 2.78 bits per heavy atom. The van der Waals surface area contributed by atoms with Crippen molar-refractivity contribution in [3.8, 4) is 0 Å². The van der Waals surface area contributed by atoms with Gasteiger partial charge in [-0.3, -0.25) is 19.7 Å². The van der Waals surface area contributed by atoms with Gasteiger partial charge in [0.2, 0.25) is 0 Å². The molecule has 0 spiro atoms. The highest BCUT2D eigenvalue weighted by molar-refractivity contribution is 6.35. The molecule has 0 bridgehead atoms. The lowest BCUT2D eigenvalue weighted by Gasteiger charge is -2.01. The summed E-state index contributed by atoms with van der Waals surface area (Å²) in [5.74, 6) is -1.33. The highest BCUT2D eigenvalue weighted by Crippen LogP contribution is 2.11. The lowest BCUT2D eigenvalue weighted by molar-refractivity contribution is -0.384. The maximum Gasteiger partial charge on any atom is 0.329 e. The molecule has 0 saturated carbocycles. The number of carbonyl (C=O) groups is 2. The van der Waals surface area contributed by atoms with Gasteiger partial charge in [0, 0.05) is 17.7 Å². The molecule has 2 N–H and O–H groups in total. The summed E-state index contributed by atoms with van der Waals surface area (Å²) in [5.41, 5.74) is 2.34. The van der Waals surface area contributed by atoms with Crippen LogP contribution < -0.4 is 10.7 Å². The van der Waals surface area contributed by atoms with Crippen molar-refractivity contribution in [3.05, 3.63) is 64.1 Å². The molecule has 0 saturated heterocycles.